The molecule has 0 aliphatic rings. The highest BCUT2D eigenvalue weighted by Crippen LogP contribution is 2.24. The Labute approximate surface area is 124 Å². The molecule has 0 fully saturated rings. The van der Waals surface area contributed by atoms with Gasteiger partial charge in [-0.25, -0.2) is 0 Å². The zero-order valence-corrected chi connectivity index (χ0v) is 13.4. The first-order valence-corrected chi connectivity index (χ1v) is 7.15. The second kappa shape index (κ2) is 8.53. The van der Waals surface area contributed by atoms with Crippen molar-refractivity contribution in [1.29, 1.82) is 0 Å². The molecule has 0 heterocycles. The van der Waals surface area contributed by atoms with Gasteiger partial charge in [-0.2, -0.15) is 0 Å². The summed E-state index contributed by atoms with van der Waals surface area (Å²) < 4.78 is 11.5. The molecule has 0 saturated heterocycles. The van der Waals surface area contributed by atoms with Crippen molar-refractivity contribution in [2.75, 3.05) is 38.9 Å². The van der Waals surface area contributed by atoms with E-state index in [1.165, 1.54) is 0 Å². The summed E-state index contributed by atoms with van der Waals surface area (Å²) in [6.07, 6.45) is 0. The van der Waals surface area contributed by atoms with Crippen LogP contribution in [0.5, 0.6) is 0 Å². The minimum Gasteiger partial charge on any atom is -0.383 e. The molecular weight excluding hydrogens is 308 g/mol. The van der Waals surface area contributed by atoms with Crippen molar-refractivity contribution in [2.24, 2.45) is 5.73 Å². The van der Waals surface area contributed by atoms with Crippen molar-refractivity contribution in [3.63, 3.8) is 0 Å². The molecule has 0 bridgehead atoms. The van der Waals surface area contributed by atoms with Gasteiger partial charge in [0, 0.05) is 43.5 Å². The molecule has 1 rings (SSSR count). The fraction of sp³-hybridized carbons (Fsp3) is 0.571. The number of nitrogens with zero attached hydrogens (tertiary/aromatic N) is 1. The monoisotopic (exact) mass is 330 g/mol. The smallest absolute Gasteiger partial charge is 0.0663 e. The molecule has 1 aromatic carbocycles. The third-order valence-electron chi connectivity index (χ3n) is 2.99. The molecule has 0 radical (unpaired) electrons. The van der Waals surface area contributed by atoms with Crippen molar-refractivity contribution in [1.82, 2.24) is 0 Å². The second-order valence-electron chi connectivity index (χ2n) is 4.51. The first-order valence-electron chi connectivity index (χ1n) is 6.36. The highest BCUT2D eigenvalue weighted by atomic mass is 79.9. The van der Waals surface area contributed by atoms with Gasteiger partial charge in [0.1, 0.15) is 0 Å². The van der Waals surface area contributed by atoms with Gasteiger partial charge in [-0.05, 0) is 30.7 Å². The van der Waals surface area contributed by atoms with Gasteiger partial charge in [0.15, 0.2) is 0 Å². The Kier molecular flexibility index (Phi) is 7.38. The van der Waals surface area contributed by atoms with Gasteiger partial charge in [-0.15, -0.1) is 0 Å². The molecule has 0 spiro atoms. The summed E-state index contributed by atoms with van der Waals surface area (Å²) in [4.78, 5) is 2.27. The van der Waals surface area contributed by atoms with Gasteiger partial charge < -0.3 is 20.1 Å². The topological polar surface area (TPSA) is 47.7 Å². The fourth-order valence-electron chi connectivity index (χ4n) is 2.04. The molecule has 108 valence electrons. The van der Waals surface area contributed by atoms with Gasteiger partial charge in [0.25, 0.3) is 0 Å². The average Bonchev–Trinajstić information content (AvgIpc) is 2.39. The molecule has 0 saturated carbocycles. The normalized spacial score (nSPS) is 12.5. The minimum absolute atomic E-state index is 0.278. The largest absolute Gasteiger partial charge is 0.383 e. The van der Waals surface area contributed by atoms with E-state index in [1.54, 1.807) is 14.2 Å². The lowest BCUT2D eigenvalue weighted by Crippen LogP contribution is -2.38. The summed E-state index contributed by atoms with van der Waals surface area (Å²) >= 11 is 3.53. The average molecular weight is 331 g/mol. The SMILES string of the molecule is COCCN(c1cc(Br)cc(CN)c1)C(C)COC. The highest BCUT2D eigenvalue weighted by Gasteiger charge is 2.15. The Morgan fingerprint density at radius 3 is 2.58 bits per heavy atom. The van der Waals surface area contributed by atoms with Crippen LogP contribution in [0.15, 0.2) is 22.7 Å². The van der Waals surface area contributed by atoms with Crippen LogP contribution in [0.3, 0.4) is 0 Å². The van der Waals surface area contributed by atoms with E-state index in [1.807, 2.05) is 6.07 Å². The first kappa shape index (κ1) is 16.4. The van der Waals surface area contributed by atoms with Crippen LogP contribution < -0.4 is 10.6 Å². The van der Waals surface area contributed by atoms with E-state index in [2.05, 4.69) is 39.9 Å². The number of anilines is 1. The van der Waals surface area contributed by atoms with Gasteiger partial charge >= 0.3 is 0 Å². The number of nitrogens with two attached hydrogens (primary N) is 1. The van der Waals surface area contributed by atoms with Crippen LogP contribution in [-0.2, 0) is 16.0 Å². The van der Waals surface area contributed by atoms with Crippen LogP contribution in [0.2, 0.25) is 0 Å². The third kappa shape index (κ3) is 5.10. The quantitative estimate of drug-likeness (QED) is 0.795. The second-order valence-corrected chi connectivity index (χ2v) is 5.43. The molecule has 0 aliphatic heterocycles. The Morgan fingerprint density at radius 1 is 1.26 bits per heavy atom. The van der Waals surface area contributed by atoms with E-state index in [0.29, 0.717) is 19.8 Å². The zero-order chi connectivity index (χ0) is 14.3. The van der Waals surface area contributed by atoms with Crippen LogP contribution in [0, 0.1) is 0 Å². The molecule has 0 aliphatic carbocycles. The Bertz CT molecular complexity index is 388. The number of benzene rings is 1. The molecular formula is C14H23BrN2O2. The fourth-order valence-corrected chi connectivity index (χ4v) is 2.57. The molecule has 1 atom stereocenters. The summed E-state index contributed by atoms with van der Waals surface area (Å²) in [7, 11) is 3.43. The van der Waals surface area contributed by atoms with E-state index in [9.17, 15) is 0 Å². The van der Waals surface area contributed by atoms with Crippen LogP contribution in [0.1, 0.15) is 12.5 Å². The number of hydrogen-bond acceptors (Lipinski definition) is 4. The standard InChI is InChI=1S/C14H23BrN2O2/c1-11(10-19-3)17(4-5-18-2)14-7-12(9-16)6-13(15)8-14/h6-8,11H,4-5,9-10,16H2,1-3H3. The first-order chi connectivity index (χ1) is 9.12. The molecule has 1 unspecified atom stereocenters. The number of ether oxygens (including phenoxy) is 2. The summed E-state index contributed by atoms with van der Waals surface area (Å²) in [5.74, 6) is 0. The van der Waals surface area contributed by atoms with Crippen molar-refractivity contribution in [3.8, 4) is 0 Å². The lowest BCUT2D eigenvalue weighted by molar-refractivity contribution is 0.171. The van der Waals surface area contributed by atoms with Crippen molar-refractivity contribution < 1.29 is 9.47 Å². The molecule has 0 aromatic heterocycles. The summed E-state index contributed by atoms with van der Waals surface area (Å²) in [5.41, 5.74) is 7.98. The van der Waals surface area contributed by atoms with Crippen molar-refractivity contribution >= 4 is 21.6 Å². The van der Waals surface area contributed by atoms with E-state index in [-0.39, 0.29) is 6.04 Å². The third-order valence-corrected chi connectivity index (χ3v) is 3.44. The number of rotatable bonds is 8. The Balaban J connectivity index is 2.97. The van der Waals surface area contributed by atoms with Gasteiger partial charge in [-0.3, -0.25) is 0 Å². The van der Waals surface area contributed by atoms with E-state index in [4.69, 9.17) is 15.2 Å². The van der Waals surface area contributed by atoms with Gasteiger partial charge in [0.05, 0.1) is 13.2 Å². The zero-order valence-electron chi connectivity index (χ0n) is 11.9. The van der Waals surface area contributed by atoms with Gasteiger partial charge in [-0.1, -0.05) is 15.9 Å². The van der Waals surface area contributed by atoms with Crippen LogP contribution in [0.25, 0.3) is 0 Å². The van der Waals surface area contributed by atoms with Crippen LogP contribution in [0.4, 0.5) is 5.69 Å². The summed E-state index contributed by atoms with van der Waals surface area (Å²) in [6.45, 7) is 4.85. The molecule has 5 heteroatoms. The lowest BCUT2D eigenvalue weighted by atomic mass is 10.1. The number of halogens is 1. The van der Waals surface area contributed by atoms with Crippen LogP contribution >= 0.6 is 15.9 Å². The van der Waals surface area contributed by atoms with E-state index < -0.39 is 0 Å². The lowest BCUT2D eigenvalue weighted by Gasteiger charge is -2.31. The Morgan fingerprint density at radius 2 is 2.00 bits per heavy atom. The predicted octanol–water partition coefficient (Wildman–Crippen LogP) is 2.40. The van der Waals surface area contributed by atoms with Crippen molar-refractivity contribution in [2.45, 2.75) is 19.5 Å². The van der Waals surface area contributed by atoms with Crippen molar-refractivity contribution in [3.05, 3.63) is 28.2 Å². The van der Waals surface area contributed by atoms with Gasteiger partial charge in [0.2, 0.25) is 0 Å². The predicted molar refractivity (Wildman–Crippen MR) is 82.6 cm³/mol. The molecule has 2 N–H and O–H groups in total. The maximum absolute atomic E-state index is 5.73. The number of methoxy groups -OCH3 is 2. The van der Waals surface area contributed by atoms with E-state index in [0.717, 1.165) is 22.3 Å². The highest BCUT2D eigenvalue weighted by molar-refractivity contribution is 9.10. The summed E-state index contributed by atoms with van der Waals surface area (Å²) in [5, 5.41) is 0. The molecule has 0 amide bonds. The Hall–Kier alpha value is -0.620. The maximum Gasteiger partial charge on any atom is 0.0663 e. The minimum atomic E-state index is 0.278. The molecule has 19 heavy (non-hydrogen) atoms. The van der Waals surface area contributed by atoms with Crippen LogP contribution in [-0.4, -0.2) is 40.0 Å². The molecule has 4 nitrogen and oxygen atoms in total. The summed E-state index contributed by atoms with van der Waals surface area (Å²) in [6, 6.07) is 6.53. The van der Waals surface area contributed by atoms with E-state index >= 15 is 0 Å². The molecule has 1 aromatic rings. The maximum atomic E-state index is 5.73. The number of hydrogen-bond donors (Lipinski definition) is 1.